The Balaban J connectivity index is 1.88. The second-order valence-electron chi connectivity index (χ2n) is 4.95. The van der Waals surface area contributed by atoms with Crippen molar-refractivity contribution in [1.29, 1.82) is 0 Å². The SMILES string of the molecule is Cc1ccc(C2CC2)c(C(=O)Nc2nnc(C)s2)c1. The van der Waals surface area contributed by atoms with Gasteiger partial charge in [0.15, 0.2) is 0 Å². The molecule has 98 valence electrons. The molecule has 1 amide bonds. The van der Waals surface area contributed by atoms with Crippen LogP contribution in [-0.2, 0) is 0 Å². The number of rotatable bonds is 3. The Morgan fingerprint density at radius 3 is 2.74 bits per heavy atom. The topological polar surface area (TPSA) is 54.9 Å². The molecule has 0 unspecified atom stereocenters. The van der Waals surface area contributed by atoms with Gasteiger partial charge in [-0.15, -0.1) is 10.2 Å². The molecule has 0 bridgehead atoms. The summed E-state index contributed by atoms with van der Waals surface area (Å²) in [6.07, 6.45) is 2.36. The largest absolute Gasteiger partial charge is 0.296 e. The molecule has 4 nitrogen and oxygen atoms in total. The van der Waals surface area contributed by atoms with Crippen molar-refractivity contribution in [3.8, 4) is 0 Å². The van der Waals surface area contributed by atoms with Crippen LogP contribution in [0.4, 0.5) is 5.13 Å². The molecule has 0 atom stereocenters. The number of aryl methyl sites for hydroxylation is 2. The van der Waals surface area contributed by atoms with Gasteiger partial charge in [-0.3, -0.25) is 10.1 Å². The highest BCUT2D eigenvalue weighted by atomic mass is 32.1. The molecule has 5 heteroatoms. The summed E-state index contributed by atoms with van der Waals surface area (Å²) in [5.74, 6) is 0.472. The van der Waals surface area contributed by atoms with Crippen molar-refractivity contribution >= 4 is 22.4 Å². The summed E-state index contributed by atoms with van der Waals surface area (Å²) in [4.78, 5) is 12.4. The number of nitrogens with zero attached hydrogens (tertiary/aromatic N) is 2. The first kappa shape index (κ1) is 12.3. The highest BCUT2D eigenvalue weighted by Gasteiger charge is 2.28. The van der Waals surface area contributed by atoms with Crippen LogP contribution >= 0.6 is 11.3 Å². The summed E-state index contributed by atoms with van der Waals surface area (Å²) >= 11 is 1.39. The molecule has 1 aromatic carbocycles. The third-order valence-corrected chi connectivity index (χ3v) is 3.97. The van der Waals surface area contributed by atoms with Crippen molar-refractivity contribution in [2.45, 2.75) is 32.6 Å². The third-order valence-electron chi connectivity index (χ3n) is 3.22. The van der Waals surface area contributed by atoms with Crippen molar-refractivity contribution < 1.29 is 4.79 Å². The second-order valence-corrected chi connectivity index (χ2v) is 6.13. The number of hydrogen-bond acceptors (Lipinski definition) is 4. The predicted octanol–water partition coefficient (Wildman–Crippen LogP) is 3.28. The first-order valence-electron chi connectivity index (χ1n) is 6.35. The minimum atomic E-state index is -0.0817. The van der Waals surface area contributed by atoms with Crippen LogP contribution in [0.5, 0.6) is 0 Å². The molecule has 3 rings (SSSR count). The van der Waals surface area contributed by atoms with Crippen LogP contribution in [0.15, 0.2) is 18.2 Å². The second kappa shape index (κ2) is 4.74. The minimum absolute atomic E-state index is 0.0817. The summed E-state index contributed by atoms with van der Waals surface area (Å²) in [7, 11) is 0. The molecule has 1 aliphatic rings. The summed E-state index contributed by atoms with van der Waals surface area (Å²) in [6, 6.07) is 6.10. The summed E-state index contributed by atoms with van der Waals surface area (Å²) in [5.41, 5.74) is 3.03. The van der Waals surface area contributed by atoms with Gasteiger partial charge >= 0.3 is 0 Å². The van der Waals surface area contributed by atoms with Crippen LogP contribution in [0, 0.1) is 13.8 Å². The standard InChI is InChI=1S/C14H15N3OS/c1-8-3-6-11(10-4-5-10)12(7-8)13(18)15-14-17-16-9(2)19-14/h3,6-7,10H,4-5H2,1-2H3,(H,15,17,18). The lowest BCUT2D eigenvalue weighted by Gasteiger charge is -2.09. The van der Waals surface area contributed by atoms with Crippen LogP contribution in [0.3, 0.4) is 0 Å². The summed E-state index contributed by atoms with van der Waals surface area (Å²) in [6.45, 7) is 3.87. The van der Waals surface area contributed by atoms with Gasteiger partial charge in [0.25, 0.3) is 5.91 Å². The van der Waals surface area contributed by atoms with E-state index in [1.54, 1.807) is 0 Å². The maximum absolute atomic E-state index is 12.4. The van der Waals surface area contributed by atoms with Crippen molar-refractivity contribution in [3.63, 3.8) is 0 Å². The molecule has 0 radical (unpaired) electrons. The van der Waals surface area contributed by atoms with E-state index in [1.165, 1.54) is 24.2 Å². The molecule has 2 aromatic rings. The van der Waals surface area contributed by atoms with Crippen LogP contribution in [0.2, 0.25) is 0 Å². The molecule has 0 saturated heterocycles. The lowest BCUT2D eigenvalue weighted by Crippen LogP contribution is -2.14. The number of aromatic nitrogens is 2. The van der Waals surface area contributed by atoms with E-state index < -0.39 is 0 Å². The monoisotopic (exact) mass is 273 g/mol. The smallest absolute Gasteiger partial charge is 0.257 e. The average Bonchev–Trinajstić information content (AvgIpc) is 3.13. The minimum Gasteiger partial charge on any atom is -0.296 e. The Hall–Kier alpha value is -1.75. The van der Waals surface area contributed by atoms with Gasteiger partial charge in [0, 0.05) is 5.56 Å². The first-order chi connectivity index (χ1) is 9.13. The third kappa shape index (κ3) is 2.66. The van der Waals surface area contributed by atoms with E-state index in [0.717, 1.165) is 21.7 Å². The first-order valence-corrected chi connectivity index (χ1v) is 7.17. The molecule has 0 aliphatic heterocycles. The molecular formula is C14H15N3OS. The Labute approximate surface area is 115 Å². The highest BCUT2D eigenvalue weighted by molar-refractivity contribution is 7.15. The molecule has 1 aliphatic carbocycles. The van der Waals surface area contributed by atoms with E-state index in [9.17, 15) is 4.79 Å². The maximum Gasteiger partial charge on any atom is 0.257 e. The number of hydrogen-bond donors (Lipinski definition) is 1. The zero-order chi connectivity index (χ0) is 13.4. The van der Waals surface area contributed by atoms with Gasteiger partial charge in [-0.1, -0.05) is 29.0 Å². The van der Waals surface area contributed by atoms with E-state index in [1.807, 2.05) is 19.9 Å². The summed E-state index contributed by atoms with van der Waals surface area (Å²) in [5, 5.41) is 12.1. The lowest BCUT2D eigenvalue weighted by molar-refractivity contribution is 0.102. The van der Waals surface area contributed by atoms with Crippen LogP contribution in [0.25, 0.3) is 0 Å². The number of benzene rings is 1. The van der Waals surface area contributed by atoms with E-state index >= 15 is 0 Å². The number of carbonyl (C=O) groups is 1. The summed E-state index contributed by atoms with van der Waals surface area (Å²) < 4.78 is 0. The predicted molar refractivity (Wildman–Crippen MR) is 75.8 cm³/mol. The van der Waals surface area contributed by atoms with Gasteiger partial charge in [-0.2, -0.15) is 0 Å². The van der Waals surface area contributed by atoms with Gasteiger partial charge in [-0.05, 0) is 44.2 Å². The zero-order valence-electron chi connectivity index (χ0n) is 10.9. The zero-order valence-corrected chi connectivity index (χ0v) is 11.8. The van der Waals surface area contributed by atoms with E-state index in [4.69, 9.17) is 0 Å². The van der Waals surface area contributed by atoms with Crippen LogP contribution in [0.1, 0.15) is 45.3 Å². The molecule has 19 heavy (non-hydrogen) atoms. The van der Waals surface area contributed by atoms with E-state index in [0.29, 0.717) is 11.0 Å². The fraction of sp³-hybridized carbons (Fsp3) is 0.357. The Morgan fingerprint density at radius 1 is 1.32 bits per heavy atom. The van der Waals surface area contributed by atoms with E-state index in [-0.39, 0.29) is 5.91 Å². The fourth-order valence-electron chi connectivity index (χ4n) is 2.13. The average molecular weight is 273 g/mol. The number of carbonyl (C=O) groups excluding carboxylic acids is 1. The van der Waals surface area contributed by atoms with Gasteiger partial charge in [0.1, 0.15) is 5.01 Å². The number of amides is 1. The number of nitrogens with one attached hydrogen (secondary N) is 1. The van der Waals surface area contributed by atoms with Crippen molar-refractivity contribution in [2.24, 2.45) is 0 Å². The molecular weight excluding hydrogens is 258 g/mol. The molecule has 0 spiro atoms. The van der Waals surface area contributed by atoms with Crippen molar-refractivity contribution in [3.05, 3.63) is 39.9 Å². The maximum atomic E-state index is 12.4. The van der Waals surface area contributed by atoms with Crippen LogP contribution in [-0.4, -0.2) is 16.1 Å². The fourth-order valence-corrected chi connectivity index (χ4v) is 2.72. The van der Waals surface area contributed by atoms with Crippen LogP contribution < -0.4 is 5.32 Å². The van der Waals surface area contributed by atoms with Gasteiger partial charge in [0.2, 0.25) is 5.13 Å². The van der Waals surface area contributed by atoms with Gasteiger partial charge < -0.3 is 0 Å². The molecule has 1 fully saturated rings. The molecule has 1 aromatic heterocycles. The highest BCUT2D eigenvalue weighted by Crippen LogP contribution is 2.42. The van der Waals surface area contributed by atoms with Crippen molar-refractivity contribution in [2.75, 3.05) is 5.32 Å². The quantitative estimate of drug-likeness (QED) is 0.933. The lowest BCUT2D eigenvalue weighted by atomic mass is 10.0. The van der Waals surface area contributed by atoms with E-state index in [2.05, 4.69) is 27.6 Å². The molecule has 1 N–H and O–H groups in total. The Morgan fingerprint density at radius 2 is 2.11 bits per heavy atom. The van der Waals surface area contributed by atoms with Crippen molar-refractivity contribution in [1.82, 2.24) is 10.2 Å². The number of anilines is 1. The molecule has 1 heterocycles. The Kier molecular flexibility index (Phi) is 3.06. The van der Waals surface area contributed by atoms with Gasteiger partial charge in [-0.25, -0.2) is 0 Å². The normalized spacial score (nSPS) is 14.4. The molecule has 1 saturated carbocycles. The van der Waals surface area contributed by atoms with Gasteiger partial charge in [0.05, 0.1) is 0 Å². The Bertz CT molecular complexity index is 631.